The molecule has 1 aromatic heterocycles. The van der Waals surface area contributed by atoms with E-state index >= 15 is 0 Å². The second-order valence-electron chi connectivity index (χ2n) is 3.26. The number of rotatable bonds is 4. The molecule has 0 aromatic carbocycles. The largest absolute Gasteiger partial charge is 0.393 e. The molecule has 0 saturated carbocycles. The third kappa shape index (κ3) is 3.51. The lowest BCUT2D eigenvalue weighted by Crippen LogP contribution is -2.12. The normalized spacial score (nSPS) is 12.8. The topological polar surface area (TPSA) is 46.0 Å². The Morgan fingerprint density at radius 1 is 1.54 bits per heavy atom. The molecule has 1 heterocycles. The summed E-state index contributed by atoms with van der Waals surface area (Å²) in [4.78, 5) is 8.31. The van der Waals surface area contributed by atoms with Gasteiger partial charge in [0, 0.05) is 18.3 Å². The van der Waals surface area contributed by atoms with Crippen LogP contribution in [0.4, 0.5) is 0 Å². The number of aliphatic hydroxyl groups is 1. The lowest BCUT2D eigenvalue weighted by molar-refractivity contribution is 0.161. The molecule has 13 heavy (non-hydrogen) atoms. The van der Waals surface area contributed by atoms with Gasteiger partial charge in [-0.15, -0.1) is 0 Å². The van der Waals surface area contributed by atoms with E-state index in [4.69, 9.17) is 0 Å². The summed E-state index contributed by atoms with van der Waals surface area (Å²) in [6.07, 6.45) is 3.81. The molecule has 3 nitrogen and oxygen atoms in total. The number of aryl methyl sites for hydroxylation is 1. The van der Waals surface area contributed by atoms with Crippen LogP contribution in [0.2, 0.25) is 0 Å². The molecule has 0 aliphatic carbocycles. The van der Waals surface area contributed by atoms with E-state index in [1.165, 1.54) is 0 Å². The molecule has 0 fully saturated rings. The number of aromatic nitrogens is 2. The first-order valence-electron chi connectivity index (χ1n) is 4.69. The minimum atomic E-state index is -0.299. The summed E-state index contributed by atoms with van der Waals surface area (Å²) < 4.78 is 0. The van der Waals surface area contributed by atoms with Gasteiger partial charge in [0.1, 0.15) is 5.82 Å². The van der Waals surface area contributed by atoms with Gasteiger partial charge in [-0.1, -0.05) is 13.3 Å². The first kappa shape index (κ1) is 10.1. The average Bonchev–Trinajstić information content (AvgIpc) is 2.04. The van der Waals surface area contributed by atoms with Crippen molar-refractivity contribution in [2.45, 2.75) is 39.2 Å². The Morgan fingerprint density at radius 2 is 2.31 bits per heavy atom. The SMILES string of the molecule is CCCC(O)Cc1nccc(C)n1. The maximum atomic E-state index is 9.51. The minimum Gasteiger partial charge on any atom is -0.393 e. The summed E-state index contributed by atoms with van der Waals surface area (Å²) in [5.74, 6) is 0.737. The van der Waals surface area contributed by atoms with E-state index in [1.54, 1.807) is 6.20 Å². The molecule has 3 heteroatoms. The Hall–Kier alpha value is -0.960. The molecule has 0 saturated heterocycles. The molecule has 1 atom stereocenters. The zero-order valence-corrected chi connectivity index (χ0v) is 8.20. The standard InChI is InChI=1S/C10H16N2O/c1-3-4-9(13)7-10-11-6-5-8(2)12-10/h5-6,9,13H,3-4,7H2,1-2H3. The van der Waals surface area contributed by atoms with Gasteiger partial charge in [0.15, 0.2) is 0 Å². The molecule has 0 amide bonds. The average molecular weight is 180 g/mol. The van der Waals surface area contributed by atoms with Crippen molar-refractivity contribution in [1.82, 2.24) is 9.97 Å². The molecule has 0 bridgehead atoms. The number of hydrogen-bond acceptors (Lipinski definition) is 3. The number of aliphatic hydroxyl groups excluding tert-OH is 1. The summed E-state index contributed by atoms with van der Waals surface area (Å²) in [5.41, 5.74) is 0.952. The maximum absolute atomic E-state index is 9.51. The first-order chi connectivity index (χ1) is 6.22. The quantitative estimate of drug-likeness (QED) is 0.763. The van der Waals surface area contributed by atoms with Crippen LogP contribution in [0.3, 0.4) is 0 Å². The highest BCUT2D eigenvalue weighted by atomic mass is 16.3. The highest BCUT2D eigenvalue weighted by Gasteiger charge is 2.05. The molecule has 0 aliphatic heterocycles. The molecular formula is C10H16N2O. The summed E-state index contributed by atoms with van der Waals surface area (Å²) in [6, 6.07) is 1.86. The van der Waals surface area contributed by atoms with E-state index in [0.717, 1.165) is 24.4 Å². The Morgan fingerprint density at radius 3 is 2.92 bits per heavy atom. The fraction of sp³-hybridized carbons (Fsp3) is 0.600. The van der Waals surface area contributed by atoms with Gasteiger partial charge in [0.2, 0.25) is 0 Å². The second-order valence-corrected chi connectivity index (χ2v) is 3.26. The molecule has 72 valence electrons. The Balaban J connectivity index is 2.53. The molecule has 1 unspecified atom stereocenters. The van der Waals surface area contributed by atoms with Crippen LogP contribution >= 0.6 is 0 Å². The number of nitrogens with zero attached hydrogens (tertiary/aromatic N) is 2. The summed E-state index contributed by atoms with van der Waals surface area (Å²) >= 11 is 0. The fourth-order valence-electron chi connectivity index (χ4n) is 1.25. The lowest BCUT2D eigenvalue weighted by Gasteiger charge is -2.07. The molecule has 1 aromatic rings. The highest BCUT2D eigenvalue weighted by Crippen LogP contribution is 2.03. The maximum Gasteiger partial charge on any atom is 0.131 e. The first-order valence-corrected chi connectivity index (χ1v) is 4.69. The van der Waals surface area contributed by atoms with Gasteiger partial charge < -0.3 is 5.11 Å². The van der Waals surface area contributed by atoms with Gasteiger partial charge in [-0.2, -0.15) is 0 Å². The van der Waals surface area contributed by atoms with E-state index in [0.29, 0.717) is 6.42 Å². The van der Waals surface area contributed by atoms with Gasteiger partial charge in [-0.25, -0.2) is 9.97 Å². The van der Waals surface area contributed by atoms with E-state index in [9.17, 15) is 5.11 Å². The van der Waals surface area contributed by atoms with Crippen LogP contribution in [0.5, 0.6) is 0 Å². The molecule has 0 aliphatic rings. The van der Waals surface area contributed by atoms with Crippen LogP contribution in [-0.4, -0.2) is 21.2 Å². The summed E-state index contributed by atoms with van der Waals surface area (Å²) in [5, 5.41) is 9.51. The third-order valence-corrected chi connectivity index (χ3v) is 1.88. The molecular weight excluding hydrogens is 164 g/mol. The van der Waals surface area contributed by atoms with E-state index in [-0.39, 0.29) is 6.10 Å². The van der Waals surface area contributed by atoms with E-state index < -0.39 is 0 Å². The van der Waals surface area contributed by atoms with Crippen LogP contribution in [0.15, 0.2) is 12.3 Å². The molecule has 0 radical (unpaired) electrons. The van der Waals surface area contributed by atoms with Gasteiger partial charge in [-0.3, -0.25) is 0 Å². The smallest absolute Gasteiger partial charge is 0.131 e. The van der Waals surface area contributed by atoms with Crippen LogP contribution in [0.1, 0.15) is 31.3 Å². The summed E-state index contributed by atoms with van der Waals surface area (Å²) in [6.45, 7) is 3.98. The van der Waals surface area contributed by atoms with E-state index in [1.807, 2.05) is 13.0 Å². The monoisotopic (exact) mass is 180 g/mol. The highest BCUT2D eigenvalue weighted by molar-refractivity contribution is 5.00. The van der Waals surface area contributed by atoms with Crippen LogP contribution in [0, 0.1) is 6.92 Å². The predicted octanol–water partition coefficient (Wildman–Crippen LogP) is 1.49. The zero-order valence-electron chi connectivity index (χ0n) is 8.20. The minimum absolute atomic E-state index is 0.299. The van der Waals surface area contributed by atoms with Crippen molar-refractivity contribution < 1.29 is 5.11 Å². The van der Waals surface area contributed by atoms with Crippen LogP contribution in [0.25, 0.3) is 0 Å². The van der Waals surface area contributed by atoms with Crippen molar-refractivity contribution in [3.05, 3.63) is 23.8 Å². The van der Waals surface area contributed by atoms with Gasteiger partial charge in [0.25, 0.3) is 0 Å². The fourth-order valence-corrected chi connectivity index (χ4v) is 1.25. The van der Waals surface area contributed by atoms with Crippen LogP contribution < -0.4 is 0 Å². The molecule has 1 N–H and O–H groups in total. The van der Waals surface area contributed by atoms with Crippen molar-refractivity contribution in [3.63, 3.8) is 0 Å². The van der Waals surface area contributed by atoms with Crippen molar-refractivity contribution in [2.24, 2.45) is 0 Å². The third-order valence-electron chi connectivity index (χ3n) is 1.88. The summed E-state index contributed by atoms with van der Waals surface area (Å²) in [7, 11) is 0. The second kappa shape index (κ2) is 4.92. The molecule has 0 spiro atoms. The van der Waals surface area contributed by atoms with Gasteiger partial charge in [-0.05, 0) is 19.4 Å². The zero-order chi connectivity index (χ0) is 9.68. The predicted molar refractivity (Wildman–Crippen MR) is 51.4 cm³/mol. The van der Waals surface area contributed by atoms with Crippen LogP contribution in [-0.2, 0) is 6.42 Å². The van der Waals surface area contributed by atoms with Crippen molar-refractivity contribution in [3.8, 4) is 0 Å². The van der Waals surface area contributed by atoms with Crippen molar-refractivity contribution >= 4 is 0 Å². The van der Waals surface area contributed by atoms with Gasteiger partial charge in [0.05, 0.1) is 6.10 Å². The van der Waals surface area contributed by atoms with Gasteiger partial charge >= 0.3 is 0 Å². The van der Waals surface area contributed by atoms with Crippen molar-refractivity contribution in [1.29, 1.82) is 0 Å². The Labute approximate surface area is 78.9 Å². The van der Waals surface area contributed by atoms with Crippen molar-refractivity contribution in [2.75, 3.05) is 0 Å². The lowest BCUT2D eigenvalue weighted by atomic mass is 10.1. The Bertz CT molecular complexity index is 263. The van der Waals surface area contributed by atoms with E-state index in [2.05, 4.69) is 16.9 Å². The Kier molecular flexibility index (Phi) is 3.83. The molecule has 1 rings (SSSR count). The number of hydrogen-bond donors (Lipinski definition) is 1.